The highest BCUT2D eigenvalue weighted by atomic mass is 35.5. The van der Waals surface area contributed by atoms with Crippen LogP contribution >= 0.6 is 11.6 Å². The van der Waals surface area contributed by atoms with Crippen molar-refractivity contribution >= 4 is 23.2 Å². The van der Waals surface area contributed by atoms with Crippen LogP contribution < -0.4 is 10.1 Å². The largest absolute Gasteiger partial charge is 0.424 e. The summed E-state index contributed by atoms with van der Waals surface area (Å²) in [6.45, 7) is 1.87. The minimum atomic E-state index is -0.262. The fraction of sp³-hybridized carbons (Fsp3) is 0.0588. The number of rotatable bonds is 4. The van der Waals surface area contributed by atoms with Crippen LogP contribution in [0.25, 0.3) is 0 Å². The SMILES string of the molecule is Cc1cc(Oc2ncccn2)ccc1NC(=O)c1ccnc(Cl)c1. The fourth-order valence-electron chi connectivity index (χ4n) is 2.02. The number of carbonyl (C=O) groups excluding carboxylic acids is 1. The van der Waals surface area contributed by atoms with Crippen molar-refractivity contribution in [3.63, 3.8) is 0 Å². The standard InChI is InChI=1S/C17H13ClN4O2/c1-11-9-13(24-17-20-6-2-7-21-17)3-4-14(11)22-16(23)12-5-8-19-15(18)10-12/h2-10H,1H3,(H,22,23). The molecule has 120 valence electrons. The molecule has 0 bridgehead atoms. The molecular weight excluding hydrogens is 328 g/mol. The van der Waals surface area contributed by atoms with E-state index in [1.807, 2.05) is 6.92 Å². The van der Waals surface area contributed by atoms with E-state index in [0.29, 0.717) is 17.0 Å². The van der Waals surface area contributed by atoms with Gasteiger partial charge in [0.1, 0.15) is 10.9 Å². The van der Waals surface area contributed by atoms with Crippen LogP contribution in [0.15, 0.2) is 55.0 Å². The average Bonchev–Trinajstić information content (AvgIpc) is 2.58. The van der Waals surface area contributed by atoms with Gasteiger partial charge in [-0.05, 0) is 48.9 Å². The third-order valence-corrected chi connectivity index (χ3v) is 3.39. The molecule has 2 heterocycles. The molecule has 1 aromatic carbocycles. The van der Waals surface area contributed by atoms with E-state index >= 15 is 0 Å². The van der Waals surface area contributed by atoms with Gasteiger partial charge in [-0.1, -0.05) is 11.6 Å². The van der Waals surface area contributed by atoms with Crippen molar-refractivity contribution in [3.05, 3.63) is 71.3 Å². The first-order valence-electron chi connectivity index (χ1n) is 7.10. The molecule has 0 fully saturated rings. The zero-order chi connectivity index (χ0) is 16.9. The maximum absolute atomic E-state index is 12.2. The molecule has 0 saturated carbocycles. The molecule has 0 aliphatic rings. The van der Waals surface area contributed by atoms with Crippen LogP contribution in [0.5, 0.6) is 11.8 Å². The zero-order valence-electron chi connectivity index (χ0n) is 12.7. The quantitative estimate of drug-likeness (QED) is 0.729. The maximum atomic E-state index is 12.2. The lowest BCUT2D eigenvalue weighted by Gasteiger charge is -2.10. The van der Waals surface area contributed by atoms with Crippen LogP contribution in [0, 0.1) is 6.92 Å². The van der Waals surface area contributed by atoms with Crippen molar-refractivity contribution in [1.82, 2.24) is 15.0 Å². The van der Waals surface area contributed by atoms with Crippen LogP contribution in [-0.2, 0) is 0 Å². The number of hydrogen-bond donors (Lipinski definition) is 1. The third-order valence-electron chi connectivity index (χ3n) is 3.19. The van der Waals surface area contributed by atoms with Gasteiger partial charge in [0.05, 0.1) is 0 Å². The van der Waals surface area contributed by atoms with Crippen molar-refractivity contribution in [1.29, 1.82) is 0 Å². The summed E-state index contributed by atoms with van der Waals surface area (Å²) in [6.07, 6.45) is 4.69. The van der Waals surface area contributed by atoms with Gasteiger partial charge in [0.15, 0.2) is 0 Å². The molecule has 24 heavy (non-hydrogen) atoms. The minimum Gasteiger partial charge on any atom is -0.424 e. The number of pyridine rings is 1. The van der Waals surface area contributed by atoms with Gasteiger partial charge in [-0.15, -0.1) is 0 Å². The van der Waals surface area contributed by atoms with Crippen LogP contribution in [0.4, 0.5) is 5.69 Å². The second-order valence-corrected chi connectivity index (χ2v) is 5.32. The number of halogens is 1. The summed E-state index contributed by atoms with van der Waals surface area (Å²) in [6, 6.07) is 10.4. The molecule has 0 unspecified atom stereocenters. The summed E-state index contributed by atoms with van der Waals surface area (Å²) in [4.78, 5) is 24.1. The Hall–Kier alpha value is -2.99. The fourth-order valence-corrected chi connectivity index (χ4v) is 2.20. The van der Waals surface area contributed by atoms with Gasteiger partial charge >= 0.3 is 6.01 Å². The number of nitrogens with one attached hydrogen (secondary N) is 1. The number of anilines is 1. The number of benzene rings is 1. The molecule has 6 nitrogen and oxygen atoms in total. The van der Waals surface area contributed by atoms with E-state index in [-0.39, 0.29) is 17.1 Å². The van der Waals surface area contributed by atoms with Crippen LogP contribution in [0.3, 0.4) is 0 Å². The number of aromatic nitrogens is 3. The molecule has 3 rings (SSSR count). The van der Waals surface area contributed by atoms with Crippen molar-refractivity contribution < 1.29 is 9.53 Å². The van der Waals surface area contributed by atoms with E-state index in [0.717, 1.165) is 5.56 Å². The Morgan fingerprint density at radius 1 is 1.08 bits per heavy atom. The molecule has 3 aromatic rings. The Balaban J connectivity index is 1.74. The molecule has 2 aromatic heterocycles. The van der Waals surface area contributed by atoms with Crippen molar-refractivity contribution in [2.75, 3.05) is 5.32 Å². The lowest BCUT2D eigenvalue weighted by Crippen LogP contribution is -2.12. The van der Waals surface area contributed by atoms with E-state index in [1.54, 1.807) is 42.7 Å². The van der Waals surface area contributed by atoms with Crippen LogP contribution in [0.1, 0.15) is 15.9 Å². The Bertz CT molecular complexity index is 871. The smallest absolute Gasteiger partial charge is 0.321 e. The highest BCUT2D eigenvalue weighted by Crippen LogP contribution is 2.24. The van der Waals surface area contributed by atoms with Crippen LogP contribution in [-0.4, -0.2) is 20.9 Å². The molecule has 0 saturated heterocycles. The second-order valence-electron chi connectivity index (χ2n) is 4.93. The Kier molecular flexibility index (Phi) is 4.67. The number of amides is 1. The number of nitrogens with zero attached hydrogens (tertiary/aromatic N) is 3. The Labute approximate surface area is 143 Å². The number of aryl methyl sites for hydroxylation is 1. The monoisotopic (exact) mass is 340 g/mol. The van der Waals surface area contributed by atoms with Crippen molar-refractivity contribution in [2.45, 2.75) is 6.92 Å². The molecule has 0 spiro atoms. The van der Waals surface area contributed by atoms with Gasteiger partial charge in [0, 0.05) is 29.8 Å². The van der Waals surface area contributed by atoms with Crippen LogP contribution in [0.2, 0.25) is 5.15 Å². The van der Waals surface area contributed by atoms with Crippen molar-refractivity contribution in [2.24, 2.45) is 0 Å². The second kappa shape index (κ2) is 7.06. The Morgan fingerprint density at radius 2 is 1.88 bits per heavy atom. The average molecular weight is 341 g/mol. The van der Waals surface area contributed by atoms with Gasteiger partial charge in [0.25, 0.3) is 5.91 Å². The van der Waals surface area contributed by atoms with E-state index in [2.05, 4.69) is 20.3 Å². The summed E-state index contributed by atoms with van der Waals surface area (Å²) < 4.78 is 5.56. The molecular formula is C17H13ClN4O2. The summed E-state index contributed by atoms with van der Waals surface area (Å²) in [5.41, 5.74) is 1.96. The Morgan fingerprint density at radius 3 is 2.58 bits per heavy atom. The lowest BCUT2D eigenvalue weighted by atomic mass is 10.1. The first-order chi connectivity index (χ1) is 11.6. The molecule has 0 aliphatic heterocycles. The minimum absolute atomic E-state index is 0.262. The first-order valence-corrected chi connectivity index (χ1v) is 7.48. The van der Waals surface area contributed by atoms with E-state index in [4.69, 9.17) is 16.3 Å². The zero-order valence-corrected chi connectivity index (χ0v) is 13.5. The molecule has 0 radical (unpaired) electrons. The summed E-state index contributed by atoms with van der Waals surface area (Å²) in [7, 11) is 0. The predicted molar refractivity (Wildman–Crippen MR) is 90.5 cm³/mol. The van der Waals surface area contributed by atoms with E-state index < -0.39 is 0 Å². The highest BCUT2D eigenvalue weighted by molar-refractivity contribution is 6.29. The number of hydrogen-bond acceptors (Lipinski definition) is 5. The van der Waals surface area contributed by atoms with Gasteiger partial charge in [0.2, 0.25) is 0 Å². The number of ether oxygens (including phenoxy) is 1. The summed E-state index contributed by atoms with van der Waals surface area (Å²) in [5.74, 6) is 0.325. The van der Waals surface area contributed by atoms with Gasteiger partial charge in [-0.3, -0.25) is 4.79 Å². The summed E-state index contributed by atoms with van der Waals surface area (Å²) >= 11 is 5.80. The normalized spacial score (nSPS) is 10.2. The predicted octanol–water partition coefficient (Wildman–Crippen LogP) is 3.88. The molecule has 1 amide bonds. The van der Waals surface area contributed by atoms with E-state index in [1.165, 1.54) is 12.3 Å². The summed E-state index contributed by atoms with van der Waals surface area (Å²) in [5, 5.41) is 3.10. The molecule has 1 N–H and O–H groups in total. The van der Waals surface area contributed by atoms with Crippen molar-refractivity contribution in [3.8, 4) is 11.8 Å². The first kappa shape index (κ1) is 15.9. The van der Waals surface area contributed by atoms with Gasteiger partial charge in [-0.2, -0.15) is 0 Å². The van der Waals surface area contributed by atoms with E-state index in [9.17, 15) is 4.79 Å². The molecule has 0 aliphatic carbocycles. The number of carbonyl (C=O) groups is 1. The maximum Gasteiger partial charge on any atom is 0.321 e. The topological polar surface area (TPSA) is 77.0 Å². The third kappa shape index (κ3) is 3.85. The highest BCUT2D eigenvalue weighted by Gasteiger charge is 2.10. The van der Waals surface area contributed by atoms with Gasteiger partial charge in [-0.25, -0.2) is 15.0 Å². The lowest BCUT2D eigenvalue weighted by molar-refractivity contribution is 0.102. The van der Waals surface area contributed by atoms with Gasteiger partial charge < -0.3 is 10.1 Å². The molecule has 0 atom stereocenters. The molecule has 7 heteroatoms.